The summed E-state index contributed by atoms with van der Waals surface area (Å²) in [7, 11) is 0. The van der Waals surface area contributed by atoms with Crippen LogP contribution >= 0.6 is 11.8 Å². The number of rotatable bonds is 6. The number of hydrogen-bond donors (Lipinski definition) is 1. The van der Waals surface area contributed by atoms with Gasteiger partial charge in [0.15, 0.2) is 0 Å². The van der Waals surface area contributed by atoms with Crippen molar-refractivity contribution >= 4 is 11.8 Å². The minimum atomic E-state index is -4.11. The maximum Gasteiger partial charge on any atom is 0.441 e. The summed E-state index contributed by atoms with van der Waals surface area (Å²) in [5.74, 6) is 1.14. The molecule has 3 atom stereocenters. The molecule has 1 aliphatic rings. The molecule has 1 fully saturated rings. The summed E-state index contributed by atoms with van der Waals surface area (Å²) in [4.78, 5) is 2.25. The summed E-state index contributed by atoms with van der Waals surface area (Å²) in [5, 5.41) is 3.57. The van der Waals surface area contributed by atoms with Crippen LogP contribution in [0.2, 0.25) is 0 Å². The lowest BCUT2D eigenvalue weighted by Crippen LogP contribution is -2.60. The monoisotopic (exact) mass is 312 g/mol. The number of nitrogens with one attached hydrogen (secondary N) is 1. The van der Waals surface area contributed by atoms with E-state index in [4.69, 9.17) is 0 Å². The molecule has 3 unspecified atom stereocenters. The highest BCUT2D eigenvalue weighted by atomic mass is 32.2. The van der Waals surface area contributed by atoms with Crippen molar-refractivity contribution in [1.29, 1.82) is 0 Å². The fraction of sp³-hybridized carbons (Fsp3) is 1.00. The lowest BCUT2D eigenvalue weighted by Gasteiger charge is -2.44. The molecule has 120 valence electrons. The Morgan fingerprint density at radius 1 is 1.30 bits per heavy atom. The van der Waals surface area contributed by atoms with Crippen molar-refractivity contribution < 1.29 is 13.2 Å². The topological polar surface area (TPSA) is 15.3 Å². The first-order valence-electron chi connectivity index (χ1n) is 7.42. The van der Waals surface area contributed by atoms with Crippen LogP contribution in [0.1, 0.15) is 34.1 Å². The predicted octanol–water partition coefficient (Wildman–Crippen LogP) is 3.58. The fourth-order valence-corrected chi connectivity index (χ4v) is 3.27. The number of alkyl halides is 3. The summed E-state index contributed by atoms with van der Waals surface area (Å²) in [6.07, 6.45) is 1.09. The molecule has 6 heteroatoms. The van der Waals surface area contributed by atoms with Gasteiger partial charge in [0, 0.05) is 37.5 Å². The zero-order valence-electron chi connectivity index (χ0n) is 12.8. The van der Waals surface area contributed by atoms with Gasteiger partial charge in [-0.1, -0.05) is 34.1 Å². The highest BCUT2D eigenvalue weighted by Crippen LogP contribution is 2.30. The van der Waals surface area contributed by atoms with Gasteiger partial charge in [-0.3, -0.25) is 4.90 Å². The molecule has 1 heterocycles. The SMILES string of the molecule is CCC(C)C1CN(CCSC(F)(F)F)C(C(C)C)CN1. The second kappa shape index (κ2) is 7.90. The molecule has 0 amide bonds. The Morgan fingerprint density at radius 2 is 1.95 bits per heavy atom. The van der Waals surface area contributed by atoms with Gasteiger partial charge >= 0.3 is 5.51 Å². The molecule has 0 bridgehead atoms. The standard InChI is InChI=1S/C14H27F3N2S/c1-5-11(4)12-9-19(6-7-20-14(15,16)17)13(8-18-12)10(2)3/h10-13,18H,5-9H2,1-4H3. The van der Waals surface area contributed by atoms with Crippen molar-refractivity contribution in [1.82, 2.24) is 10.2 Å². The van der Waals surface area contributed by atoms with Gasteiger partial charge in [0.2, 0.25) is 0 Å². The molecule has 0 aromatic heterocycles. The van der Waals surface area contributed by atoms with Crippen molar-refractivity contribution in [3.05, 3.63) is 0 Å². The first-order valence-corrected chi connectivity index (χ1v) is 8.41. The largest absolute Gasteiger partial charge is 0.441 e. The third-order valence-corrected chi connectivity index (χ3v) is 4.95. The molecule has 0 saturated carbocycles. The molecule has 1 aliphatic heterocycles. The number of thioether (sulfide) groups is 1. The summed E-state index contributed by atoms with van der Waals surface area (Å²) in [5.41, 5.74) is -4.11. The van der Waals surface area contributed by atoms with E-state index in [1.165, 1.54) is 0 Å². The zero-order valence-corrected chi connectivity index (χ0v) is 13.7. The molecule has 0 aromatic carbocycles. The molecule has 2 nitrogen and oxygen atoms in total. The van der Waals surface area contributed by atoms with Gasteiger partial charge in [-0.25, -0.2) is 0 Å². The fourth-order valence-electron chi connectivity index (χ4n) is 2.71. The van der Waals surface area contributed by atoms with Gasteiger partial charge in [0.05, 0.1) is 0 Å². The number of hydrogen-bond acceptors (Lipinski definition) is 3. The second-order valence-corrected chi connectivity index (χ2v) is 7.16. The van der Waals surface area contributed by atoms with Gasteiger partial charge in [0.1, 0.15) is 0 Å². The van der Waals surface area contributed by atoms with Crippen LogP contribution in [0.25, 0.3) is 0 Å². The van der Waals surface area contributed by atoms with E-state index in [-0.39, 0.29) is 17.5 Å². The van der Waals surface area contributed by atoms with Gasteiger partial charge in [0.25, 0.3) is 0 Å². The van der Waals surface area contributed by atoms with E-state index in [1.807, 2.05) is 0 Å². The average Bonchev–Trinajstić information content (AvgIpc) is 2.35. The van der Waals surface area contributed by atoms with E-state index >= 15 is 0 Å². The molecular formula is C14H27F3N2S. The second-order valence-electron chi connectivity index (χ2n) is 6.00. The third-order valence-electron chi connectivity index (χ3n) is 4.23. The van der Waals surface area contributed by atoms with Crippen LogP contribution in [-0.2, 0) is 0 Å². The first-order chi connectivity index (χ1) is 9.24. The average molecular weight is 312 g/mol. The third kappa shape index (κ3) is 5.82. The summed E-state index contributed by atoms with van der Waals surface area (Å²) in [6.45, 7) is 10.9. The Labute approximate surface area is 124 Å². The van der Waals surface area contributed by atoms with Gasteiger partial charge in [-0.05, 0) is 23.6 Å². The van der Waals surface area contributed by atoms with Crippen molar-refractivity contribution in [3.8, 4) is 0 Å². The molecule has 20 heavy (non-hydrogen) atoms. The van der Waals surface area contributed by atoms with Crippen molar-refractivity contribution in [2.75, 3.05) is 25.4 Å². The van der Waals surface area contributed by atoms with Crippen molar-refractivity contribution in [3.63, 3.8) is 0 Å². The number of halogens is 3. The molecule has 0 radical (unpaired) electrons. The Bertz CT molecular complexity index is 284. The maximum atomic E-state index is 12.3. The lowest BCUT2D eigenvalue weighted by atomic mass is 9.92. The minimum absolute atomic E-state index is 0.0943. The smallest absolute Gasteiger partial charge is 0.311 e. The molecule has 0 aromatic rings. The predicted molar refractivity (Wildman–Crippen MR) is 80.0 cm³/mol. The van der Waals surface area contributed by atoms with Crippen LogP contribution in [-0.4, -0.2) is 47.9 Å². The van der Waals surface area contributed by atoms with E-state index < -0.39 is 5.51 Å². The van der Waals surface area contributed by atoms with Crippen LogP contribution in [0.5, 0.6) is 0 Å². The molecule has 1 N–H and O–H groups in total. The van der Waals surface area contributed by atoms with Crippen LogP contribution in [0.3, 0.4) is 0 Å². The van der Waals surface area contributed by atoms with Gasteiger partial charge < -0.3 is 5.32 Å². The Balaban J connectivity index is 2.55. The Morgan fingerprint density at radius 3 is 2.45 bits per heavy atom. The first kappa shape index (κ1) is 18.1. The van der Waals surface area contributed by atoms with Crippen LogP contribution in [0.15, 0.2) is 0 Å². The molecule has 1 saturated heterocycles. The van der Waals surface area contributed by atoms with E-state index in [2.05, 4.69) is 37.9 Å². The normalized spacial score (nSPS) is 27.0. The van der Waals surface area contributed by atoms with E-state index in [0.29, 0.717) is 30.5 Å². The quantitative estimate of drug-likeness (QED) is 0.807. The van der Waals surface area contributed by atoms with Gasteiger partial charge in [-0.15, -0.1) is 0 Å². The minimum Gasteiger partial charge on any atom is -0.311 e. The highest BCUT2D eigenvalue weighted by Gasteiger charge is 2.33. The molecule has 1 rings (SSSR count). The van der Waals surface area contributed by atoms with Crippen molar-refractivity contribution in [2.24, 2.45) is 11.8 Å². The Hall–Kier alpha value is 0.0600. The molecular weight excluding hydrogens is 285 g/mol. The van der Waals surface area contributed by atoms with E-state index in [1.54, 1.807) is 0 Å². The summed E-state index contributed by atoms with van der Waals surface area (Å²) >= 11 is 0.0943. The lowest BCUT2D eigenvalue weighted by molar-refractivity contribution is -0.0330. The van der Waals surface area contributed by atoms with Gasteiger partial charge in [-0.2, -0.15) is 13.2 Å². The zero-order chi connectivity index (χ0) is 15.3. The van der Waals surface area contributed by atoms with Crippen LogP contribution in [0, 0.1) is 11.8 Å². The summed E-state index contributed by atoms with van der Waals surface area (Å²) < 4.78 is 36.8. The molecule has 0 spiro atoms. The number of piperazine rings is 1. The molecule has 0 aliphatic carbocycles. The number of nitrogens with zero attached hydrogens (tertiary/aromatic N) is 1. The van der Waals surface area contributed by atoms with E-state index in [0.717, 1.165) is 19.5 Å². The maximum absolute atomic E-state index is 12.3. The summed E-state index contributed by atoms with van der Waals surface area (Å²) in [6, 6.07) is 0.732. The van der Waals surface area contributed by atoms with E-state index in [9.17, 15) is 13.2 Å². The van der Waals surface area contributed by atoms with Crippen molar-refractivity contribution in [2.45, 2.75) is 51.7 Å². The van der Waals surface area contributed by atoms with Crippen LogP contribution in [0.4, 0.5) is 13.2 Å². The van der Waals surface area contributed by atoms with Crippen LogP contribution < -0.4 is 5.32 Å². The highest BCUT2D eigenvalue weighted by molar-refractivity contribution is 8.00. The Kier molecular flexibility index (Phi) is 7.15.